The number of fused-ring (bicyclic) bond motifs is 1. The minimum Gasteiger partial charge on any atom is -0.480 e. The summed E-state index contributed by atoms with van der Waals surface area (Å²) in [4.78, 5) is 13.1. The molecule has 1 N–H and O–H groups in total. The summed E-state index contributed by atoms with van der Waals surface area (Å²) >= 11 is 0. The number of likely N-dealkylation sites (tertiary alicyclic amines) is 1. The first-order valence-electron chi connectivity index (χ1n) is 6.44. The highest BCUT2D eigenvalue weighted by Crippen LogP contribution is 2.30. The molecule has 6 nitrogen and oxygen atoms in total. The Bertz CT molecular complexity index is 696. The van der Waals surface area contributed by atoms with E-state index in [0.717, 1.165) is 12.8 Å². The number of aliphatic carboxylic acids is 1. The standard InChI is InChI=1S/C13H14N2O4S/c16-13(17)10-6-3-4-8-15(10)12-9-5-1-2-7-11(9)20(18,19)14-12/h1-2,5,7,10H,3-4,6,8H2,(H,16,17)/t10-/m0/s1. The van der Waals surface area contributed by atoms with Crippen molar-refractivity contribution in [1.82, 2.24) is 4.90 Å². The monoisotopic (exact) mass is 294 g/mol. The fraction of sp³-hybridized carbons (Fsp3) is 0.385. The Morgan fingerprint density at radius 1 is 1.30 bits per heavy atom. The van der Waals surface area contributed by atoms with Crippen LogP contribution in [0.1, 0.15) is 24.8 Å². The largest absolute Gasteiger partial charge is 0.480 e. The second-order valence-electron chi connectivity index (χ2n) is 4.93. The summed E-state index contributed by atoms with van der Waals surface area (Å²) in [5.74, 6) is -0.665. The normalized spacial score (nSPS) is 24.1. The molecule has 7 heteroatoms. The SMILES string of the molecule is O=C(O)[C@@H]1CCCCN1C1=NS(=O)(=O)c2ccccc21. The Morgan fingerprint density at radius 3 is 2.80 bits per heavy atom. The Morgan fingerprint density at radius 2 is 2.05 bits per heavy atom. The summed E-state index contributed by atoms with van der Waals surface area (Å²) in [6, 6.07) is 5.84. The smallest absolute Gasteiger partial charge is 0.326 e. The van der Waals surface area contributed by atoms with E-state index in [9.17, 15) is 18.3 Å². The maximum atomic E-state index is 12.0. The fourth-order valence-corrected chi connectivity index (χ4v) is 3.95. The third-order valence-electron chi connectivity index (χ3n) is 3.67. The van der Waals surface area contributed by atoms with Crippen molar-refractivity contribution in [3.05, 3.63) is 29.8 Å². The van der Waals surface area contributed by atoms with Gasteiger partial charge in [-0.15, -0.1) is 4.40 Å². The van der Waals surface area contributed by atoms with Gasteiger partial charge in [-0.2, -0.15) is 8.42 Å². The molecule has 3 rings (SSSR count). The van der Waals surface area contributed by atoms with Crippen LogP contribution in [0.4, 0.5) is 0 Å². The molecular formula is C13H14N2O4S. The Hall–Kier alpha value is -1.89. The van der Waals surface area contributed by atoms with E-state index in [2.05, 4.69) is 4.40 Å². The maximum Gasteiger partial charge on any atom is 0.326 e. The Balaban J connectivity index is 2.08. The van der Waals surface area contributed by atoms with Gasteiger partial charge < -0.3 is 10.0 Å². The molecule has 0 aromatic heterocycles. The van der Waals surface area contributed by atoms with Crippen LogP contribution in [0.15, 0.2) is 33.6 Å². The molecule has 20 heavy (non-hydrogen) atoms. The third-order valence-corrected chi connectivity index (χ3v) is 5.00. The highest BCUT2D eigenvalue weighted by molar-refractivity contribution is 7.90. The molecule has 0 amide bonds. The van der Waals surface area contributed by atoms with E-state index in [-0.39, 0.29) is 10.7 Å². The number of carboxylic acids is 1. The first-order chi connectivity index (χ1) is 9.50. The van der Waals surface area contributed by atoms with Gasteiger partial charge in [0.25, 0.3) is 10.0 Å². The number of piperidine rings is 1. The lowest BCUT2D eigenvalue weighted by Gasteiger charge is -2.34. The minimum absolute atomic E-state index is 0.157. The molecule has 0 aliphatic carbocycles. The second-order valence-corrected chi connectivity index (χ2v) is 6.50. The number of carboxylic acid groups (broad SMARTS) is 1. The predicted octanol–water partition coefficient (Wildman–Crippen LogP) is 1.07. The van der Waals surface area contributed by atoms with Crippen LogP contribution in [0.25, 0.3) is 0 Å². The van der Waals surface area contributed by atoms with Gasteiger partial charge in [-0.1, -0.05) is 12.1 Å². The lowest BCUT2D eigenvalue weighted by molar-refractivity contribution is -0.142. The fourth-order valence-electron chi connectivity index (χ4n) is 2.74. The van der Waals surface area contributed by atoms with Crippen LogP contribution in [-0.2, 0) is 14.8 Å². The van der Waals surface area contributed by atoms with Crippen LogP contribution >= 0.6 is 0 Å². The van der Waals surface area contributed by atoms with E-state index in [1.807, 2.05) is 0 Å². The number of amidine groups is 1. The highest BCUT2D eigenvalue weighted by atomic mass is 32.2. The zero-order chi connectivity index (χ0) is 14.3. The number of rotatable bonds is 1. The summed E-state index contributed by atoms with van der Waals surface area (Å²) in [7, 11) is -3.70. The molecule has 2 aliphatic heterocycles. The first kappa shape index (κ1) is 13.1. The van der Waals surface area contributed by atoms with E-state index in [1.165, 1.54) is 6.07 Å². The van der Waals surface area contributed by atoms with Gasteiger partial charge in [0.15, 0.2) is 5.84 Å². The highest BCUT2D eigenvalue weighted by Gasteiger charge is 2.37. The number of hydrogen-bond donors (Lipinski definition) is 1. The van der Waals surface area contributed by atoms with Gasteiger partial charge in [0, 0.05) is 12.1 Å². The van der Waals surface area contributed by atoms with Crippen LogP contribution in [0, 0.1) is 0 Å². The van der Waals surface area contributed by atoms with Crippen LogP contribution < -0.4 is 0 Å². The average molecular weight is 294 g/mol. The molecule has 1 atom stereocenters. The van der Waals surface area contributed by atoms with Gasteiger partial charge in [-0.3, -0.25) is 0 Å². The molecule has 0 radical (unpaired) electrons. The molecule has 1 saturated heterocycles. The maximum absolute atomic E-state index is 12.0. The van der Waals surface area contributed by atoms with Crippen molar-refractivity contribution in [2.75, 3.05) is 6.54 Å². The van der Waals surface area contributed by atoms with Crippen LogP contribution in [0.5, 0.6) is 0 Å². The van der Waals surface area contributed by atoms with Gasteiger partial charge >= 0.3 is 5.97 Å². The van der Waals surface area contributed by atoms with Crippen molar-refractivity contribution < 1.29 is 18.3 Å². The molecule has 0 spiro atoms. The number of nitrogens with zero attached hydrogens (tertiary/aromatic N) is 2. The van der Waals surface area contributed by atoms with E-state index in [1.54, 1.807) is 23.1 Å². The number of sulfonamides is 1. The predicted molar refractivity (Wildman–Crippen MR) is 72.1 cm³/mol. The molecule has 1 aromatic carbocycles. The van der Waals surface area contributed by atoms with Crippen LogP contribution in [0.3, 0.4) is 0 Å². The molecule has 2 heterocycles. The van der Waals surface area contributed by atoms with Crippen molar-refractivity contribution in [3.63, 3.8) is 0 Å². The second kappa shape index (κ2) is 4.59. The number of hydrogen-bond acceptors (Lipinski definition) is 4. The van der Waals surface area contributed by atoms with Gasteiger partial charge in [0.2, 0.25) is 0 Å². The Labute approximate surface area is 116 Å². The van der Waals surface area contributed by atoms with Crippen LogP contribution in [0.2, 0.25) is 0 Å². The van der Waals surface area contributed by atoms with Gasteiger partial charge in [0.1, 0.15) is 10.9 Å². The first-order valence-corrected chi connectivity index (χ1v) is 7.88. The third kappa shape index (κ3) is 1.98. The molecular weight excluding hydrogens is 280 g/mol. The molecule has 1 fully saturated rings. The summed E-state index contributed by atoms with van der Waals surface area (Å²) in [6.07, 6.45) is 2.18. The molecule has 0 saturated carbocycles. The minimum atomic E-state index is -3.70. The summed E-state index contributed by atoms with van der Waals surface area (Å²) in [5, 5.41) is 9.30. The van der Waals surface area contributed by atoms with Gasteiger partial charge in [-0.25, -0.2) is 4.79 Å². The number of carbonyl (C=O) groups is 1. The molecule has 1 aromatic rings. The molecule has 0 unspecified atom stereocenters. The van der Waals surface area contributed by atoms with Crippen molar-refractivity contribution in [1.29, 1.82) is 0 Å². The van der Waals surface area contributed by atoms with E-state index in [4.69, 9.17) is 0 Å². The summed E-state index contributed by atoms with van der Waals surface area (Å²) in [6.45, 7) is 0.514. The Kier molecular flexibility index (Phi) is 3.01. The average Bonchev–Trinajstić information content (AvgIpc) is 2.71. The van der Waals surface area contributed by atoms with Crippen LogP contribution in [-0.4, -0.2) is 42.8 Å². The zero-order valence-electron chi connectivity index (χ0n) is 10.7. The summed E-state index contributed by atoms with van der Waals surface area (Å²) < 4.78 is 27.8. The van der Waals surface area contributed by atoms with Gasteiger partial charge in [-0.05, 0) is 31.4 Å². The summed E-state index contributed by atoms with van der Waals surface area (Å²) in [5.41, 5.74) is 0.501. The van der Waals surface area contributed by atoms with E-state index < -0.39 is 22.0 Å². The molecule has 106 valence electrons. The molecule has 0 bridgehead atoms. The topological polar surface area (TPSA) is 87.0 Å². The van der Waals surface area contributed by atoms with Crippen molar-refractivity contribution >= 4 is 21.8 Å². The van der Waals surface area contributed by atoms with E-state index >= 15 is 0 Å². The lowest BCUT2D eigenvalue weighted by atomic mass is 10.0. The quantitative estimate of drug-likeness (QED) is 0.837. The van der Waals surface area contributed by atoms with E-state index in [0.29, 0.717) is 18.5 Å². The lowest BCUT2D eigenvalue weighted by Crippen LogP contribution is -2.47. The molecule has 2 aliphatic rings. The zero-order valence-corrected chi connectivity index (χ0v) is 11.5. The van der Waals surface area contributed by atoms with Gasteiger partial charge in [0.05, 0.1) is 0 Å². The van der Waals surface area contributed by atoms with Crippen molar-refractivity contribution in [2.24, 2.45) is 4.40 Å². The number of benzene rings is 1. The van der Waals surface area contributed by atoms with Crippen molar-refractivity contribution in [2.45, 2.75) is 30.2 Å². The van der Waals surface area contributed by atoms with Crippen molar-refractivity contribution in [3.8, 4) is 0 Å².